The van der Waals surface area contributed by atoms with Crippen LogP contribution in [0, 0.1) is 0 Å². The molecule has 1 aromatic carbocycles. The molecular weight excluding hydrogens is 520 g/mol. The van der Waals surface area contributed by atoms with Gasteiger partial charge in [0.15, 0.2) is 28.4 Å². The van der Waals surface area contributed by atoms with E-state index in [1.54, 1.807) is 17.0 Å². The number of carbonyl (C=O) groups is 3. The van der Waals surface area contributed by atoms with E-state index in [0.717, 1.165) is 16.8 Å². The average Bonchev–Trinajstić information content (AvgIpc) is 3.27. The summed E-state index contributed by atoms with van der Waals surface area (Å²) >= 11 is 6.98. The fourth-order valence-corrected chi connectivity index (χ4v) is 4.51. The second-order valence-electron chi connectivity index (χ2n) is 8.73. The normalized spacial score (nSPS) is 16.2. The van der Waals surface area contributed by atoms with Crippen molar-refractivity contribution in [3.05, 3.63) is 35.1 Å². The molecule has 3 amide bonds. The number of guanidine groups is 1. The number of rotatable bonds is 6. The summed E-state index contributed by atoms with van der Waals surface area (Å²) in [6, 6.07) is 7.15. The van der Waals surface area contributed by atoms with Crippen LogP contribution in [-0.2, 0) is 9.59 Å². The van der Waals surface area contributed by atoms with Gasteiger partial charge in [-0.3, -0.25) is 29.8 Å². The fourth-order valence-electron chi connectivity index (χ4n) is 4.09. The third kappa shape index (κ3) is 6.39. The van der Waals surface area contributed by atoms with Gasteiger partial charge < -0.3 is 27.0 Å². The first-order valence-corrected chi connectivity index (χ1v) is 12.7. The largest absolute Gasteiger partial charge is 0.382 e. The van der Waals surface area contributed by atoms with Crippen molar-refractivity contribution in [1.82, 2.24) is 25.5 Å². The number of hydrogen-bond acceptors (Lipinski definition) is 11. The summed E-state index contributed by atoms with van der Waals surface area (Å²) in [7, 11) is 0. The van der Waals surface area contributed by atoms with Crippen molar-refractivity contribution in [2.75, 3.05) is 36.4 Å². The highest BCUT2D eigenvalue weighted by Gasteiger charge is 2.40. The van der Waals surface area contributed by atoms with Gasteiger partial charge in [0.1, 0.15) is 0 Å². The number of aromatic nitrogens is 2. The molecule has 4 rings (SSSR count). The third-order valence-corrected chi connectivity index (χ3v) is 7.01. The fraction of sp³-hybridized carbons (Fsp3) is 0.364. The smallest absolute Gasteiger partial charge is 0.280 e. The quantitative estimate of drug-likeness (QED) is 0.280. The first-order chi connectivity index (χ1) is 17.7. The van der Waals surface area contributed by atoms with Gasteiger partial charge in [-0.25, -0.2) is 9.97 Å². The van der Waals surface area contributed by atoms with Crippen LogP contribution in [0.15, 0.2) is 34.2 Å². The predicted molar refractivity (Wildman–Crippen MR) is 142 cm³/mol. The SMILES string of the molecule is NSc1ccc(NC(=O)CCC(=O)N2CCC3(CC2)CN=C(NC(=O)c2nc(Cl)c(N)nc2N)N3)cc1. The number of hydrogen-bond donors (Lipinski definition) is 6. The molecule has 196 valence electrons. The summed E-state index contributed by atoms with van der Waals surface area (Å²) in [5.41, 5.74) is 11.4. The zero-order chi connectivity index (χ0) is 26.6. The number of nitrogens with one attached hydrogen (secondary N) is 3. The molecule has 0 radical (unpaired) electrons. The van der Waals surface area contributed by atoms with Crippen molar-refractivity contribution in [1.29, 1.82) is 0 Å². The van der Waals surface area contributed by atoms with Gasteiger partial charge >= 0.3 is 0 Å². The van der Waals surface area contributed by atoms with E-state index in [4.69, 9.17) is 28.2 Å². The second kappa shape index (κ2) is 11.2. The summed E-state index contributed by atoms with van der Waals surface area (Å²) in [6.45, 7) is 1.46. The molecule has 15 heteroatoms. The van der Waals surface area contributed by atoms with Crippen molar-refractivity contribution >= 4 is 64.6 Å². The van der Waals surface area contributed by atoms with Crippen LogP contribution in [0.3, 0.4) is 0 Å². The maximum absolute atomic E-state index is 12.7. The van der Waals surface area contributed by atoms with E-state index < -0.39 is 5.91 Å². The third-order valence-electron chi connectivity index (χ3n) is 6.19. The number of benzene rings is 1. The Balaban J connectivity index is 1.21. The van der Waals surface area contributed by atoms with E-state index in [2.05, 4.69) is 30.9 Å². The van der Waals surface area contributed by atoms with Crippen molar-refractivity contribution in [3.63, 3.8) is 0 Å². The lowest BCUT2D eigenvalue weighted by molar-refractivity contribution is -0.134. The van der Waals surface area contributed by atoms with Gasteiger partial charge in [-0.15, -0.1) is 0 Å². The number of anilines is 3. The van der Waals surface area contributed by atoms with Crippen LogP contribution in [0.5, 0.6) is 0 Å². The van der Waals surface area contributed by atoms with Gasteiger partial charge in [-0.2, -0.15) is 0 Å². The van der Waals surface area contributed by atoms with E-state index in [1.807, 2.05) is 12.1 Å². The molecular formula is C22H27ClN10O3S. The molecule has 9 N–H and O–H groups in total. The molecule has 37 heavy (non-hydrogen) atoms. The molecule has 0 bridgehead atoms. The molecule has 2 aliphatic rings. The highest BCUT2D eigenvalue weighted by Crippen LogP contribution is 2.26. The number of aliphatic imine (C=N–C) groups is 1. The molecule has 13 nitrogen and oxygen atoms in total. The Bertz CT molecular complexity index is 1230. The number of carbonyl (C=O) groups excluding carboxylic acids is 3. The number of halogens is 1. The molecule has 0 saturated carbocycles. The summed E-state index contributed by atoms with van der Waals surface area (Å²) < 4.78 is 0. The summed E-state index contributed by atoms with van der Waals surface area (Å²) in [6.07, 6.45) is 1.48. The zero-order valence-corrected chi connectivity index (χ0v) is 21.4. The van der Waals surface area contributed by atoms with Crippen LogP contribution in [-0.4, -0.2) is 63.7 Å². The van der Waals surface area contributed by atoms with Crippen LogP contribution in [0.4, 0.5) is 17.3 Å². The Morgan fingerprint density at radius 3 is 2.43 bits per heavy atom. The van der Waals surface area contributed by atoms with Gasteiger partial charge in [0.05, 0.1) is 12.1 Å². The standard InChI is InChI=1S/C22H27ClN10O3S/c23-17-19(25)30-18(24)16(29-17)20(36)31-21-27-11-22(32-21)7-9-33(10-8-22)15(35)6-5-14(34)28-12-1-3-13(37-26)4-2-12/h1-4H,5-11,26H2,(H,28,34)(H4,24,25,30)(H2,27,31,32,36). The lowest BCUT2D eigenvalue weighted by Gasteiger charge is -2.39. The molecule has 0 atom stereocenters. The van der Waals surface area contributed by atoms with Crippen molar-refractivity contribution in [2.45, 2.75) is 36.1 Å². The van der Waals surface area contributed by atoms with Crippen LogP contribution in [0.1, 0.15) is 36.2 Å². The summed E-state index contributed by atoms with van der Waals surface area (Å²) in [5, 5.41) is 14.1. The van der Waals surface area contributed by atoms with E-state index in [-0.39, 0.29) is 58.6 Å². The molecule has 1 saturated heterocycles. The molecule has 0 aliphatic carbocycles. The van der Waals surface area contributed by atoms with E-state index in [1.165, 1.54) is 0 Å². The number of nitrogens with two attached hydrogens (primary N) is 3. The van der Waals surface area contributed by atoms with Crippen molar-refractivity contribution in [3.8, 4) is 0 Å². The molecule has 3 heterocycles. The predicted octanol–water partition coefficient (Wildman–Crippen LogP) is 0.729. The van der Waals surface area contributed by atoms with Gasteiger partial charge in [0, 0.05) is 36.5 Å². The molecule has 1 aromatic heterocycles. The van der Waals surface area contributed by atoms with Crippen LogP contribution in [0.25, 0.3) is 0 Å². The van der Waals surface area contributed by atoms with Gasteiger partial charge in [0.2, 0.25) is 11.8 Å². The topological polar surface area (TPSA) is 207 Å². The Hall–Kier alpha value is -3.62. The molecule has 1 spiro atoms. The maximum Gasteiger partial charge on any atom is 0.280 e. The minimum atomic E-state index is -0.615. The second-order valence-corrected chi connectivity index (χ2v) is 9.79. The Kier molecular flexibility index (Phi) is 8.00. The Morgan fingerprint density at radius 1 is 1.05 bits per heavy atom. The van der Waals surface area contributed by atoms with Crippen LogP contribution < -0.4 is 32.6 Å². The average molecular weight is 547 g/mol. The van der Waals surface area contributed by atoms with Crippen molar-refractivity contribution < 1.29 is 14.4 Å². The number of amides is 3. The molecule has 2 aliphatic heterocycles. The first-order valence-electron chi connectivity index (χ1n) is 11.4. The number of piperidine rings is 1. The van der Waals surface area contributed by atoms with E-state index in [0.29, 0.717) is 38.2 Å². The molecule has 1 fully saturated rings. The minimum Gasteiger partial charge on any atom is -0.382 e. The number of likely N-dealkylation sites (tertiary alicyclic amines) is 1. The van der Waals surface area contributed by atoms with Gasteiger partial charge in [-0.05, 0) is 49.1 Å². The summed E-state index contributed by atoms with van der Waals surface area (Å²) in [5.74, 6) is -0.846. The monoisotopic (exact) mass is 546 g/mol. The number of nitrogen functional groups attached to an aromatic ring is 2. The Labute approximate surface area is 222 Å². The van der Waals surface area contributed by atoms with E-state index >= 15 is 0 Å². The van der Waals surface area contributed by atoms with Gasteiger partial charge in [0.25, 0.3) is 5.91 Å². The molecule has 0 unspecified atom stereocenters. The number of nitrogens with zero attached hydrogens (tertiary/aromatic N) is 4. The Morgan fingerprint density at radius 2 is 1.76 bits per heavy atom. The lowest BCUT2D eigenvalue weighted by Crippen LogP contribution is -2.57. The van der Waals surface area contributed by atoms with Crippen LogP contribution in [0.2, 0.25) is 5.15 Å². The maximum atomic E-state index is 12.7. The van der Waals surface area contributed by atoms with Gasteiger partial charge in [-0.1, -0.05) is 11.6 Å². The zero-order valence-electron chi connectivity index (χ0n) is 19.8. The van der Waals surface area contributed by atoms with E-state index in [9.17, 15) is 14.4 Å². The summed E-state index contributed by atoms with van der Waals surface area (Å²) in [4.78, 5) is 52.2. The first kappa shape index (κ1) is 26.4. The highest BCUT2D eigenvalue weighted by molar-refractivity contribution is 7.97. The van der Waals surface area contributed by atoms with Crippen molar-refractivity contribution in [2.24, 2.45) is 10.1 Å². The minimum absolute atomic E-state index is 0.0650. The lowest BCUT2D eigenvalue weighted by atomic mass is 9.88. The highest BCUT2D eigenvalue weighted by atomic mass is 35.5. The molecule has 2 aromatic rings. The van der Waals surface area contributed by atoms with Crippen LogP contribution >= 0.6 is 23.5 Å².